The maximum absolute atomic E-state index is 10.6. The molecule has 0 saturated heterocycles. The average Bonchev–Trinajstić information content (AvgIpc) is 3.28. The third-order valence-corrected chi connectivity index (χ3v) is 4.79. The number of nitrogens with zero attached hydrogens (tertiary/aromatic N) is 5. The molecule has 1 atom stereocenters. The van der Waals surface area contributed by atoms with Crippen LogP contribution in [0, 0.1) is 0 Å². The molecule has 134 valence electrons. The lowest BCUT2D eigenvalue weighted by molar-refractivity contribution is 0.201. The van der Waals surface area contributed by atoms with Gasteiger partial charge in [0.05, 0.1) is 23.6 Å². The Kier molecular flexibility index (Phi) is 4.69. The van der Waals surface area contributed by atoms with Gasteiger partial charge in [0.15, 0.2) is 0 Å². The molecular weight excluding hydrogens is 326 g/mol. The monoisotopic (exact) mass is 349 g/mol. The first kappa shape index (κ1) is 16.8. The fourth-order valence-corrected chi connectivity index (χ4v) is 3.34. The lowest BCUT2D eigenvalue weighted by Gasteiger charge is -2.26. The second-order valence-electron chi connectivity index (χ2n) is 6.61. The number of aromatic nitrogens is 4. The van der Waals surface area contributed by atoms with Gasteiger partial charge >= 0.3 is 0 Å². The quantitative estimate of drug-likeness (QED) is 0.767. The topological polar surface area (TPSA) is 59.1 Å². The van der Waals surface area contributed by atoms with Gasteiger partial charge in [0.1, 0.15) is 6.10 Å². The molecule has 0 saturated carbocycles. The highest BCUT2D eigenvalue weighted by Crippen LogP contribution is 2.23. The lowest BCUT2D eigenvalue weighted by Crippen LogP contribution is -2.33. The molecule has 1 aliphatic heterocycles. The van der Waals surface area contributed by atoms with Crippen LogP contribution in [0.1, 0.15) is 28.7 Å². The number of aliphatic hydroxyl groups excluding tert-OH is 1. The van der Waals surface area contributed by atoms with E-state index < -0.39 is 6.10 Å². The molecule has 26 heavy (non-hydrogen) atoms. The summed E-state index contributed by atoms with van der Waals surface area (Å²) in [5, 5.41) is 19.3. The standard InChI is InChI=1S/C20H23N5O/c1-23-19(9-10-21-23)20(26)18-14-17-15-24(12-13-25(17)22-18)11-5-8-16-6-3-2-4-7-16/h2-10,14,20,26H,11-13,15H2,1H3/b8-5+. The number of aryl methyl sites for hydroxylation is 1. The van der Waals surface area contributed by atoms with Crippen molar-refractivity contribution in [3.63, 3.8) is 0 Å². The lowest BCUT2D eigenvalue weighted by atomic mass is 10.1. The minimum Gasteiger partial charge on any atom is -0.380 e. The number of hydrogen-bond acceptors (Lipinski definition) is 4. The number of aliphatic hydroxyl groups is 1. The van der Waals surface area contributed by atoms with Gasteiger partial charge in [-0.3, -0.25) is 14.3 Å². The van der Waals surface area contributed by atoms with Gasteiger partial charge in [0.25, 0.3) is 0 Å². The summed E-state index contributed by atoms with van der Waals surface area (Å²) in [6.45, 7) is 3.53. The number of hydrogen-bond donors (Lipinski definition) is 1. The van der Waals surface area contributed by atoms with Crippen LogP contribution in [0.25, 0.3) is 6.08 Å². The van der Waals surface area contributed by atoms with E-state index in [-0.39, 0.29) is 0 Å². The predicted octanol–water partition coefficient (Wildman–Crippen LogP) is 2.23. The van der Waals surface area contributed by atoms with E-state index in [0.717, 1.165) is 37.6 Å². The zero-order valence-electron chi connectivity index (χ0n) is 14.9. The minimum atomic E-state index is -0.743. The Morgan fingerprint density at radius 2 is 2.04 bits per heavy atom. The Labute approximate surface area is 153 Å². The summed E-state index contributed by atoms with van der Waals surface area (Å²) in [5.41, 5.74) is 3.80. The van der Waals surface area contributed by atoms with Crippen LogP contribution in [0.4, 0.5) is 0 Å². The first-order valence-electron chi connectivity index (χ1n) is 8.87. The highest BCUT2D eigenvalue weighted by atomic mass is 16.3. The summed E-state index contributed by atoms with van der Waals surface area (Å²) in [6.07, 6.45) is 5.30. The summed E-state index contributed by atoms with van der Waals surface area (Å²) in [5.74, 6) is 0. The molecule has 6 heteroatoms. The largest absolute Gasteiger partial charge is 0.380 e. The maximum atomic E-state index is 10.6. The third-order valence-electron chi connectivity index (χ3n) is 4.79. The molecule has 0 aliphatic carbocycles. The fourth-order valence-electron chi connectivity index (χ4n) is 3.34. The van der Waals surface area contributed by atoms with E-state index in [1.165, 1.54) is 5.56 Å². The Bertz CT molecular complexity index is 896. The summed E-state index contributed by atoms with van der Waals surface area (Å²) in [6, 6.07) is 14.2. The highest BCUT2D eigenvalue weighted by Gasteiger charge is 2.22. The zero-order valence-corrected chi connectivity index (χ0v) is 14.9. The van der Waals surface area contributed by atoms with Gasteiger partial charge in [0, 0.05) is 32.9 Å². The Balaban J connectivity index is 1.42. The van der Waals surface area contributed by atoms with Crippen LogP contribution in [0.15, 0.2) is 54.7 Å². The molecule has 1 aromatic carbocycles. The van der Waals surface area contributed by atoms with Gasteiger partial charge in [0.2, 0.25) is 0 Å². The first-order valence-corrected chi connectivity index (χ1v) is 8.87. The van der Waals surface area contributed by atoms with E-state index in [1.54, 1.807) is 10.9 Å². The molecule has 1 N–H and O–H groups in total. The molecule has 3 aromatic rings. The molecule has 0 amide bonds. The molecule has 0 spiro atoms. The van der Waals surface area contributed by atoms with Gasteiger partial charge in [-0.2, -0.15) is 10.2 Å². The van der Waals surface area contributed by atoms with E-state index >= 15 is 0 Å². The van der Waals surface area contributed by atoms with Gasteiger partial charge in [-0.05, 0) is 17.7 Å². The smallest absolute Gasteiger partial charge is 0.139 e. The van der Waals surface area contributed by atoms with Gasteiger partial charge in [-0.25, -0.2) is 0 Å². The van der Waals surface area contributed by atoms with E-state index in [0.29, 0.717) is 5.69 Å². The van der Waals surface area contributed by atoms with Gasteiger partial charge in [-0.15, -0.1) is 0 Å². The summed E-state index contributed by atoms with van der Waals surface area (Å²) in [7, 11) is 1.83. The van der Waals surface area contributed by atoms with Crippen molar-refractivity contribution >= 4 is 6.08 Å². The van der Waals surface area contributed by atoms with Crippen LogP contribution in [0.2, 0.25) is 0 Å². The van der Waals surface area contributed by atoms with Crippen LogP contribution in [0.5, 0.6) is 0 Å². The normalized spacial score (nSPS) is 16.1. The second kappa shape index (κ2) is 7.27. The molecule has 1 unspecified atom stereocenters. The van der Waals surface area contributed by atoms with Crippen molar-refractivity contribution < 1.29 is 5.11 Å². The Morgan fingerprint density at radius 3 is 2.81 bits per heavy atom. The van der Waals surface area contributed by atoms with E-state index in [9.17, 15) is 5.11 Å². The number of fused-ring (bicyclic) bond motifs is 1. The summed E-state index contributed by atoms with van der Waals surface area (Å²) < 4.78 is 3.69. The van der Waals surface area contributed by atoms with Crippen LogP contribution < -0.4 is 0 Å². The highest BCUT2D eigenvalue weighted by molar-refractivity contribution is 5.48. The maximum Gasteiger partial charge on any atom is 0.139 e. The Hall–Kier alpha value is -2.70. The van der Waals surface area contributed by atoms with Crippen molar-refractivity contribution in [2.75, 3.05) is 13.1 Å². The van der Waals surface area contributed by atoms with Crippen LogP contribution in [0.3, 0.4) is 0 Å². The predicted molar refractivity (Wildman–Crippen MR) is 100 cm³/mol. The van der Waals surface area contributed by atoms with E-state index in [4.69, 9.17) is 0 Å². The first-order chi connectivity index (χ1) is 12.7. The molecule has 0 fully saturated rings. The minimum absolute atomic E-state index is 0.685. The van der Waals surface area contributed by atoms with Crippen molar-refractivity contribution in [3.8, 4) is 0 Å². The van der Waals surface area contributed by atoms with Crippen LogP contribution >= 0.6 is 0 Å². The molecule has 4 rings (SSSR count). The van der Waals surface area contributed by atoms with Crippen molar-refractivity contribution in [3.05, 3.63) is 77.4 Å². The van der Waals surface area contributed by atoms with Crippen molar-refractivity contribution in [1.29, 1.82) is 0 Å². The van der Waals surface area contributed by atoms with Crippen molar-refractivity contribution in [1.82, 2.24) is 24.5 Å². The SMILES string of the molecule is Cn1nccc1C(O)c1cc2n(n1)CCN(C/C=C/c1ccccc1)C2. The molecule has 0 radical (unpaired) electrons. The average molecular weight is 349 g/mol. The third kappa shape index (κ3) is 3.47. The summed E-state index contributed by atoms with van der Waals surface area (Å²) >= 11 is 0. The zero-order chi connectivity index (χ0) is 17.9. The molecule has 0 bridgehead atoms. The fraction of sp³-hybridized carbons (Fsp3) is 0.300. The summed E-state index contributed by atoms with van der Waals surface area (Å²) in [4.78, 5) is 2.39. The van der Waals surface area contributed by atoms with Gasteiger partial charge < -0.3 is 5.11 Å². The second-order valence-corrected chi connectivity index (χ2v) is 6.61. The molecular formula is C20H23N5O. The van der Waals surface area contributed by atoms with E-state index in [1.807, 2.05) is 42.1 Å². The van der Waals surface area contributed by atoms with E-state index in [2.05, 4.69) is 39.4 Å². The molecule has 1 aliphatic rings. The number of benzene rings is 1. The van der Waals surface area contributed by atoms with Crippen molar-refractivity contribution in [2.24, 2.45) is 7.05 Å². The Morgan fingerprint density at radius 1 is 1.19 bits per heavy atom. The van der Waals surface area contributed by atoms with Crippen molar-refractivity contribution in [2.45, 2.75) is 19.2 Å². The molecule has 6 nitrogen and oxygen atoms in total. The number of rotatable bonds is 5. The molecule has 3 heterocycles. The van der Waals surface area contributed by atoms with Gasteiger partial charge in [-0.1, -0.05) is 42.5 Å². The van der Waals surface area contributed by atoms with Crippen LogP contribution in [-0.4, -0.2) is 42.7 Å². The molecule has 2 aromatic heterocycles. The van der Waals surface area contributed by atoms with Crippen LogP contribution in [-0.2, 0) is 20.1 Å².